The molecule has 1 atom stereocenters. The Morgan fingerprint density at radius 1 is 1.05 bits per heavy atom. The lowest BCUT2D eigenvalue weighted by molar-refractivity contribution is -0.136. The van der Waals surface area contributed by atoms with Gasteiger partial charge in [0, 0.05) is 0 Å². The quantitative estimate of drug-likeness (QED) is 0.820. The topological polar surface area (TPSA) is 46.5 Å². The first-order valence-corrected chi connectivity index (χ1v) is 7.19. The first kappa shape index (κ1) is 14.6. The average Bonchev–Trinajstić information content (AvgIpc) is 2.47. The van der Waals surface area contributed by atoms with Crippen molar-refractivity contribution in [3.8, 4) is 5.75 Å². The predicted octanol–water partition coefficient (Wildman–Crippen LogP) is 3.66. The van der Waals surface area contributed by atoms with Crippen LogP contribution in [-0.2, 0) is 17.8 Å². The Balaban J connectivity index is 1.90. The van der Waals surface area contributed by atoms with E-state index in [4.69, 9.17) is 9.84 Å². The van der Waals surface area contributed by atoms with Crippen molar-refractivity contribution >= 4 is 21.9 Å². The maximum Gasteiger partial charge on any atom is 0.317 e. The summed E-state index contributed by atoms with van der Waals surface area (Å²) in [4.78, 5) is 10.2. The molecule has 0 bridgehead atoms. The lowest BCUT2D eigenvalue weighted by atomic mass is 10.1. The van der Waals surface area contributed by atoms with E-state index in [2.05, 4.69) is 15.9 Å². The maximum atomic E-state index is 10.8. The zero-order valence-electron chi connectivity index (χ0n) is 10.8. The second-order valence-corrected chi connectivity index (χ2v) is 5.53. The number of rotatable bonds is 6. The summed E-state index contributed by atoms with van der Waals surface area (Å²) in [6.07, 6.45) is 0.453. The fraction of sp³-hybridized carbons (Fsp3) is 0.188. The summed E-state index contributed by atoms with van der Waals surface area (Å²) in [5, 5.41) is 8.84. The first-order chi connectivity index (χ1) is 9.65. The van der Waals surface area contributed by atoms with Gasteiger partial charge < -0.3 is 9.84 Å². The van der Waals surface area contributed by atoms with E-state index in [1.54, 1.807) is 0 Å². The Morgan fingerprint density at radius 2 is 1.70 bits per heavy atom. The molecule has 0 saturated carbocycles. The van der Waals surface area contributed by atoms with Gasteiger partial charge in [0.1, 0.15) is 17.2 Å². The first-order valence-electron chi connectivity index (χ1n) is 6.27. The van der Waals surface area contributed by atoms with E-state index < -0.39 is 10.8 Å². The number of carboxylic acid groups (broad SMARTS) is 1. The molecule has 4 heteroatoms. The molecule has 0 spiro atoms. The molecule has 3 nitrogen and oxygen atoms in total. The van der Waals surface area contributed by atoms with E-state index >= 15 is 0 Å². The summed E-state index contributed by atoms with van der Waals surface area (Å²) in [5.74, 6) is -0.0755. The molecule has 2 aromatic carbocycles. The van der Waals surface area contributed by atoms with Gasteiger partial charge in [-0.05, 0) is 29.7 Å². The van der Waals surface area contributed by atoms with Crippen LogP contribution in [0.15, 0.2) is 54.6 Å². The van der Waals surface area contributed by atoms with Crippen LogP contribution in [0.1, 0.15) is 11.1 Å². The summed E-state index contributed by atoms with van der Waals surface area (Å²) in [6.45, 7) is 0.524. The van der Waals surface area contributed by atoms with Crippen molar-refractivity contribution in [1.82, 2.24) is 0 Å². The van der Waals surface area contributed by atoms with Crippen LogP contribution in [0.25, 0.3) is 0 Å². The molecule has 104 valence electrons. The van der Waals surface area contributed by atoms with Crippen LogP contribution in [0.3, 0.4) is 0 Å². The molecular formula is C16H15BrO3. The van der Waals surface area contributed by atoms with Crippen molar-refractivity contribution in [3.05, 3.63) is 65.7 Å². The van der Waals surface area contributed by atoms with Crippen molar-refractivity contribution in [2.45, 2.75) is 17.9 Å². The van der Waals surface area contributed by atoms with Crippen molar-refractivity contribution in [3.63, 3.8) is 0 Å². The number of hydrogen-bond acceptors (Lipinski definition) is 2. The molecule has 2 rings (SSSR count). The molecule has 0 aliphatic carbocycles. The molecule has 20 heavy (non-hydrogen) atoms. The third-order valence-corrected chi connectivity index (χ3v) is 3.57. The standard InChI is InChI=1S/C16H15BrO3/c17-15(16(18)19)10-12-6-8-14(9-7-12)20-11-13-4-2-1-3-5-13/h1-9,15H,10-11H2,(H,18,19). The van der Waals surface area contributed by atoms with Crippen LogP contribution in [0.2, 0.25) is 0 Å². The monoisotopic (exact) mass is 334 g/mol. The molecular weight excluding hydrogens is 320 g/mol. The van der Waals surface area contributed by atoms with E-state index in [1.807, 2.05) is 54.6 Å². The van der Waals surface area contributed by atoms with E-state index in [0.717, 1.165) is 16.9 Å². The van der Waals surface area contributed by atoms with Gasteiger partial charge >= 0.3 is 5.97 Å². The van der Waals surface area contributed by atoms with Gasteiger partial charge in [-0.1, -0.05) is 58.4 Å². The number of halogens is 1. The van der Waals surface area contributed by atoms with Gasteiger partial charge in [-0.15, -0.1) is 0 Å². The molecule has 1 unspecified atom stereocenters. The Hall–Kier alpha value is -1.81. The zero-order valence-corrected chi connectivity index (χ0v) is 12.4. The number of hydrogen-bond donors (Lipinski definition) is 1. The number of ether oxygens (including phenoxy) is 1. The molecule has 0 aromatic heterocycles. The predicted molar refractivity (Wildman–Crippen MR) is 81.3 cm³/mol. The number of benzene rings is 2. The zero-order chi connectivity index (χ0) is 14.4. The Labute approximate surface area is 126 Å². The number of carbonyl (C=O) groups is 1. The van der Waals surface area contributed by atoms with Crippen LogP contribution in [0.4, 0.5) is 0 Å². The minimum Gasteiger partial charge on any atom is -0.489 e. The fourth-order valence-electron chi connectivity index (χ4n) is 1.76. The highest BCUT2D eigenvalue weighted by Crippen LogP contribution is 2.17. The lowest BCUT2D eigenvalue weighted by Gasteiger charge is -2.08. The van der Waals surface area contributed by atoms with Crippen LogP contribution in [0.5, 0.6) is 5.75 Å². The molecule has 0 amide bonds. The lowest BCUT2D eigenvalue weighted by Crippen LogP contribution is -2.15. The molecule has 0 saturated heterocycles. The highest BCUT2D eigenvalue weighted by Gasteiger charge is 2.13. The van der Waals surface area contributed by atoms with Gasteiger partial charge in [0.2, 0.25) is 0 Å². The van der Waals surface area contributed by atoms with Crippen molar-refractivity contribution in [2.75, 3.05) is 0 Å². The van der Waals surface area contributed by atoms with Crippen molar-refractivity contribution < 1.29 is 14.6 Å². The molecule has 0 fully saturated rings. The summed E-state index contributed by atoms with van der Waals surface area (Å²) in [7, 11) is 0. The second kappa shape index (κ2) is 7.10. The molecule has 2 aromatic rings. The largest absolute Gasteiger partial charge is 0.489 e. The van der Waals surface area contributed by atoms with Crippen molar-refractivity contribution in [1.29, 1.82) is 0 Å². The summed E-state index contributed by atoms with van der Waals surface area (Å²) in [6, 6.07) is 17.4. The van der Waals surface area contributed by atoms with Crippen molar-refractivity contribution in [2.24, 2.45) is 0 Å². The Bertz CT molecular complexity index is 552. The average molecular weight is 335 g/mol. The summed E-state index contributed by atoms with van der Waals surface area (Å²) < 4.78 is 5.67. The summed E-state index contributed by atoms with van der Waals surface area (Å²) >= 11 is 3.13. The van der Waals surface area contributed by atoms with Gasteiger partial charge in [0.25, 0.3) is 0 Å². The minimum absolute atomic E-state index is 0.453. The number of carboxylic acids is 1. The molecule has 0 aliphatic rings. The van der Waals surface area contributed by atoms with Gasteiger partial charge in [0.05, 0.1) is 0 Å². The number of alkyl halides is 1. The molecule has 0 heterocycles. The third kappa shape index (κ3) is 4.38. The summed E-state index contributed by atoms with van der Waals surface area (Å²) in [5.41, 5.74) is 2.07. The van der Waals surface area contributed by atoms with Gasteiger partial charge in [-0.25, -0.2) is 0 Å². The van der Waals surface area contributed by atoms with Crippen LogP contribution >= 0.6 is 15.9 Å². The van der Waals surface area contributed by atoms with E-state index in [1.165, 1.54) is 0 Å². The van der Waals surface area contributed by atoms with E-state index in [0.29, 0.717) is 13.0 Å². The number of aliphatic carboxylic acids is 1. The second-order valence-electron chi connectivity index (χ2n) is 4.43. The normalized spacial score (nSPS) is 11.8. The molecule has 0 aliphatic heterocycles. The Kier molecular flexibility index (Phi) is 5.18. The smallest absolute Gasteiger partial charge is 0.317 e. The van der Waals surface area contributed by atoms with Gasteiger partial charge in [-0.2, -0.15) is 0 Å². The minimum atomic E-state index is -0.852. The SMILES string of the molecule is O=C(O)C(Br)Cc1ccc(OCc2ccccc2)cc1. The Morgan fingerprint density at radius 3 is 2.30 bits per heavy atom. The van der Waals surface area contributed by atoms with Crippen LogP contribution in [-0.4, -0.2) is 15.9 Å². The van der Waals surface area contributed by atoms with Gasteiger partial charge in [0.15, 0.2) is 0 Å². The van der Waals surface area contributed by atoms with Gasteiger partial charge in [-0.3, -0.25) is 4.79 Å². The van der Waals surface area contributed by atoms with Crippen LogP contribution in [0, 0.1) is 0 Å². The third-order valence-electron chi connectivity index (χ3n) is 2.85. The highest BCUT2D eigenvalue weighted by molar-refractivity contribution is 9.10. The molecule has 0 radical (unpaired) electrons. The highest BCUT2D eigenvalue weighted by atomic mass is 79.9. The fourth-order valence-corrected chi connectivity index (χ4v) is 2.13. The maximum absolute atomic E-state index is 10.8. The van der Waals surface area contributed by atoms with Crippen LogP contribution < -0.4 is 4.74 Å². The molecule has 1 N–H and O–H groups in total. The van der Waals surface area contributed by atoms with E-state index in [-0.39, 0.29) is 0 Å². The van der Waals surface area contributed by atoms with E-state index in [9.17, 15) is 4.79 Å².